The van der Waals surface area contributed by atoms with Gasteiger partial charge in [-0.1, -0.05) is 24.3 Å². The fourth-order valence-corrected chi connectivity index (χ4v) is 2.74. The van der Waals surface area contributed by atoms with E-state index in [-0.39, 0.29) is 17.2 Å². The molecule has 1 aromatic heterocycles. The third kappa shape index (κ3) is 3.48. The second kappa shape index (κ2) is 6.38. The summed E-state index contributed by atoms with van der Waals surface area (Å²) >= 11 is 1.50. The number of nitro groups is 1. The van der Waals surface area contributed by atoms with Crippen molar-refractivity contribution in [2.24, 2.45) is 0 Å². The number of hydrogen-bond acceptors (Lipinski definition) is 4. The van der Waals surface area contributed by atoms with Crippen molar-refractivity contribution in [1.29, 1.82) is 0 Å². The third-order valence-corrected chi connectivity index (χ3v) is 3.91. The van der Waals surface area contributed by atoms with Crippen molar-refractivity contribution < 1.29 is 9.72 Å². The number of benzene rings is 1. The molecule has 0 saturated heterocycles. The molecule has 0 unspecified atom stereocenters. The molecule has 20 heavy (non-hydrogen) atoms. The Morgan fingerprint density at radius 3 is 2.80 bits per heavy atom. The maximum Gasteiger partial charge on any atom is 0.287 e. The number of aromatic amines is 1. The van der Waals surface area contributed by atoms with Gasteiger partial charge >= 0.3 is 0 Å². The van der Waals surface area contributed by atoms with Gasteiger partial charge < -0.3 is 4.98 Å². The van der Waals surface area contributed by atoms with Gasteiger partial charge in [0.05, 0.1) is 22.6 Å². The summed E-state index contributed by atoms with van der Waals surface area (Å²) in [4.78, 5) is 24.5. The Hall–Kier alpha value is -2.08. The van der Waals surface area contributed by atoms with Crippen LogP contribution in [0.15, 0.2) is 36.5 Å². The van der Waals surface area contributed by atoms with E-state index in [0.29, 0.717) is 5.75 Å². The van der Waals surface area contributed by atoms with Crippen LogP contribution >= 0.6 is 11.8 Å². The quantitative estimate of drug-likeness (QED) is 0.503. The number of Topliss-reactive ketones (excluding diaryl/α,β-unsaturated/α-hetero) is 1. The summed E-state index contributed by atoms with van der Waals surface area (Å²) in [6, 6.07) is 9.29. The molecule has 0 aliphatic rings. The van der Waals surface area contributed by atoms with Crippen LogP contribution in [0.1, 0.15) is 21.6 Å². The van der Waals surface area contributed by atoms with E-state index in [4.69, 9.17) is 0 Å². The molecule has 0 aliphatic carbocycles. The van der Waals surface area contributed by atoms with E-state index in [9.17, 15) is 14.9 Å². The zero-order valence-electron chi connectivity index (χ0n) is 11.0. The Morgan fingerprint density at radius 2 is 2.15 bits per heavy atom. The van der Waals surface area contributed by atoms with Gasteiger partial charge in [0.15, 0.2) is 5.78 Å². The van der Waals surface area contributed by atoms with Crippen LogP contribution in [0.5, 0.6) is 0 Å². The molecule has 5 nitrogen and oxygen atoms in total. The first kappa shape index (κ1) is 14.3. The lowest BCUT2D eigenvalue weighted by Gasteiger charge is -2.04. The Balaban J connectivity index is 1.89. The number of thioether (sulfide) groups is 1. The van der Waals surface area contributed by atoms with Gasteiger partial charge in [0.2, 0.25) is 0 Å². The van der Waals surface area contributed by atoms with Crippen molar-refractivity contribution in [2.75, 3.05) is 5.75 Å². The van der Waals surface area contributed by atoms with Gasteiger partial charge in [-0.3, -0.25) is 14.9 Å². The van der Waals surface area contributed by atoms with Crippen LogP contribution in [0, 0.1) is 17.0 Å². The van der Waals surface area contributed by atoms with Crippen molar-refractivity contribution in [1.82, 2.24) is 4.98 Å². The summed E-state index contributed by atoms with van der Waals surface area (Å²) in [5, 5.41) is 10.5. The number of aromatic nitrogens is 1. The number of carbonyl (C=O) groups is 1. The first-order valence-electron chi connectivity index (χ1n) is 6.06. The van der Waals surface area contributed by atoms with Gasteiger partial charge in [0.25, 0.3) is 5.69 Å². The molecular weight excluding hydrogens is 276 g/mol. The highest BCUT2D eigenvalue weighted by molar-refractivity contribution is 7.99. The SMILES string of the molecule is Cc1ccccc1CSCC(=O)c1cc([N+](=O)[O-])c[nH]1. The van der Waals surface area contributed by atoms with Gasteiger partial charge in [0, 0.05) is 11.8 Å². The Kier molecular flexibility index (Phi) is 4.57. The van der Waals surface area contributed by atoms with E-state index in [1.807, 2.05) is 31.2 Å². The van der Waals surface area contributed by atoms with Crippen LogP contribution < -0.4 is 0 Å². The van der Waals surface area contributed by atoms with E-state index in [1.54, 1.807) is 0 Å². The smallest absolute Gasteiger partial charge is 0.287 e. The average Bonchev–Trinajstić information content (AvgIpc) is 2.91. The first-order chi connectivity index (χ1) is 9.58. The summed E-state index contributed by atoms with van der Waals surface area (Å²) in [7, 11) is 0. The minimum atomic E-state index is -0.520. The molecule has 6 heteroatoms. The highest BCUT2D eigenvalue weighted by Crippen LogP contribution is 2.18. The maximum absolute atomic E-state index is 11.9. The van der Waals surface area contributed by atoms with Gasteiger partial charge in [0.1, 0.15) is 0 Å². The van der Waals surface area contributed by atoms with E-state index >= 15 is 0 Å². The summed E-state index contributed by atoms with van der Waals surface area (Å²) in [5.41, 5.74) is 2.59. The van der Waals surface area contributed by atoms with Crippen LogP contribution in [-0.2, 0) is 5.75 Å². The zero-order valence-corrected chi connectivity index (χ0v) is 11.8. The van der Waals surface area contributed by atoms with Crippen molar-refractivity contribution in [3.8, 4) is 0 Å². The minimum Gasteiger partial charge on any atom is -0.353 e. The lowest BCUT2D eigenvalue weighted by Crippen LogP contribution is -2.03. The molecule has 0 atom stereocenters. The van der Waals surface area contributed by atoms with Gasteiger partial charge in [-0.2, -0.15) is 0 Å². The van der Waals surface area contributed by atoms with Crippen molar-refractivity contribution in [3.05, 3.63) is 63.5 Å². The van der Waals surface area contributed by atoms with Crippen molar-refractivity contribution >= 4 is 23.2 Å². The number of carbonyl (C=O) groups excluding carboxylic acids is 1. The molecule has 104 valence electrons. The van der Waals surface area contributed by atoms with E-state index in [1.165, 1.54) is 35.2 Å². The standard InChI is InChI=1S/C14H14N2O3S/c1-10-4-2-3-5-11(10)8-20-9-14(17)13-6-12(7-15-13)16(18)19/h2-7,15H,8-9H2,1H3. The molecule has 1 N–H and O–H groups in total. The van der Waals surface area contributed by atoms with E-state index in [2.05, 4.69) is 4.98 Å². The van der Waals surface area contributed by atoms with Crippen molar-refractivity contribution in [2.45, 2.75) is 12.7 Å². The number of H-pyrrole nitrogens is 1. The minimum absolute atomic E-state index is 0.0859. The number of hydrogen-bond donors (Lipinski definition) is 1. The lowest BCUT2D eigenvalue weighted by atomic mass is 10.1. The molecule has 1 heterocycles. The second-order valence-corrected chi connectivity index (χ2v) is 5.36. The van der Waals surface area contributed by atoms with Crippen molar-refractivity contribution in [3.63, 3.8) is 0 Å². The van der Waals surface area contributed by atoms with Gasteiger partial charge in [-0.25, -0.2) is 0 Å². The van der Waals surface area contributed by atoms with Crippen LogP contribution in [0.25, 0.3) is 0 Å². The summed E-state index contributed by atoms with van der Waals surface area (Å²) in [5.74, 6) is 0.921. The molecule has 0 saturated carbocycles. The molecule has 0 fully saturated rings. The molecule has 2 aromatic rings. The normalized spacial score (nSPS) is 10.4. The molecule has 0 amide bonds. The van der Waals surface area contributed by atoms with E-state index in [0.717, 1.165) is 5.75 Å². The predicted octanol–water partition coefficient (Wildman–Crippen LogP) is 3.35. The summed E-state index contributed by atoms with van der Waals surface area (Å²) < 4.78 is 0. The van der Waals surface area contributed by atoms with Crippen LogP contribution in [0.3, 0.4) is 0 Å². The van der Waals surface area contributed by atoms with Gasteiger partial charge in [-0.15, -0.1) is 11.8 Å². The molecule has 0 aliphatic heterocycles. The number of aryl methyl sites for hydroxylation is 1. The van der Waals surface area contributed by atoms with Crippen LogP contribution in [0.2, 0.25) is 0 Å². The number of nitrogens with one attached hydrogen (secondary N) is 1. The second-order valence-electron chi connectivity index (χ2n) is 4.37. The topological polar surface area (TPSA) is 76.0 Å². The monoisotopic (exact) mass is 290 g/mol. The number of nitrogens with zero attached hydrogens (tertiary/aromatic N) is 1. The summed E-state index contributed by atoms with van der Waals surface area (Å²) in [6.45, 7) is 2.03. The predicted molar refractivity (Wildman–Crippen MR) is 79.1 cm³/mol. The van der Waals surface area contributed by atoms with Gasteiger partial charge in [-0.05, 0) is 18.1 Å². The largest absolute Gasteiger partial charge is 0.353 e. The molecule has 2 rings (SSSR count). The average molecular weight is 290 g/mol. The Labute approximate surface area is 120 Å². The molecule has 0 radical (unpaired) electrons. The maximum atomic E-state index is 11.9. The number of rotatable bonds is 6. The fourth-order valence-electron chi connectivity index (χ4n) is 1.75. The third-order valence-electron chi connectivity index (χ3n) is 2.93. The Morgan fingerprint density at radius 1 is 1.40 bits per heavy atom. The highest BCUT2D eigenvalue weighted by atomic mass is 32.2. The zero-order chi connectivity index (χ0) is 14.5. The molecule has 1 aromatic carbocycles. The van der Waals surface area contributed by atoms with Crippen LogP contribution in [0.4, 0.5) is 5.69 Å². The number of ketones is 1. The molecular formula is C14H14N2O3S. The first-order valence-corrected chi connectivity index (χ1v) is 7.21. The fraction of sp³-hybridized carbons (Fsp3) is 0.214. The van der Waals surface area contributed by atoms with Crippen LogP contribution in [-0.4, -0.2) is 21.4 Å². The highest BCUT2D eigenvalue weighted by Gasteiger charge is 2.14. The lowest BCUT2D eigenvalue weighted by molar-refractivity contribution is -0.384. The molecule has 0 spiro atoms. The summed E-state index contributed by atoms with van der Waals surface area (Å²) in [6.07, 6.45) is 1.24. The molecule has 0 bridgehead atoms. The van der Waals surface area contributed by atoms with E-state index < -0.39 is 4.92 Å². The Bertz CT molecular complexity index is 637.